The van der Waals surface area contributed by atoms with E-state index < -0.39 is 78.2 Å². The third-order valence-electron chi connectivity index (χ3n) is 10.2. The van der Waals surface area contributed by atoms with Crippen LogP contribution in [0.25, 0.3) is 6.08 Å². The zero-order valence-corrected chi connectivity index (χ0v) is 33.0. The second-order valence-corrected chi connectivity index (χ2v) is 16.3. The fourth-order valence-corrected chi connectivity index (χ4v) is 7.24. The molecule has 0 radical (unpaired) electrons. The molecule has 16 heteroatoms. The molecule has 59 heavy (non-hydrogen) atoms. The van der Waals surface area contributed by atoms with Crippen molar-refractivity contribution in [3.63, 3.8) is 0 Å². The van der Waals surface area contributed by atoms with Crippen LogP contribution in [0.3, 0.4) is 0 Å². The third-order valence-corrected chi connectivity index (χ3v) is 10.2. The molecule has 1 heterocycles. The van der Waals surface area contributed by atoms with Crippen LogP contribution in [0.1, 0.15) is 97.6 Å². The predicted molar refractivity (Wildman–Crippen MR) is 204 cm³/mol. The fraction of sp³-hybridized carbons (Fsp3) is 0.512. The molecule has 3 fully saturated rings. The summed E-state index contributed by atoms with van der Waals surface area (Å²) in [5.41, 5.74) is 0.733. The van der Waals surface area contributed by atoms with Gasteiger partial charge in [0.25, 0.3) is 5.91 Å². The summed E-state index contributed by atoms with van der Waals surface area (Å²) >= 11 is 0. The van der Waals surface area contributed by atoms with Crippen molar-refractivity contribution in [1.29, 1.82) is 0 Å². The number of carbonyl (C=O) groups excluding carboxylic acids is 5. The molecule has 2 aromatic rings. The maximum Gasteiger partial charge on any atom is 0.422 e. The number of hydrogen-bond donors (Lipinski definition) is 3. The van der Waals surface area contributed by atoms with E-state index in [0.717, 1.165) is 37.8 Å². The summed E-state index contributed by atoms with van der Waals surface area (Å²) in [7, 11) is 0. The number of aliphatic hydroxyl groups excluding tert-OH is 1. The van der Waals surface area contributed by atoms with E-state index in [-0.39, 0.29) is 60.9 Å². The van der Waals surface area contributed by atoms with Crippen molar-refractivity contribution >= 4 is 35.8 Å². The van der Waals surface area contributed by atoms with Crippen LogP contribution >= 0.6 is 0 Å². The molecule has 0 unspecified atom stereocenters. The summed E-state index contributed by atoms with van der Waals surface area (Å²) in [6.07, 6.45) is 0.410. The number of hydrogen-bond acceptors (Lipinski definition) is 11. The van der Waals surface area contributed by atoms with Gasteiger partial charge >= 0.3 is 24.1 Å². The molecule has 3 aliphatic carbocycles. The molecule has 2 saturated carbocycles. The summed E-state index contributed by atoms with van der Waals surface area (Å²) in [6.45, 7) is 3.14. The van der Waals surface area contributed by atoms with Gasteiger partial charge in [-0.3, -0.25) is 14.4 Å². The first-order chi connectivity index (χ1) is 27.9. The minimum Gasteiger partial charge on any atom is -0.460 e. The highest BCUT2D eigenvalue weighted by molar-refractivity contribution is 5.97. The van der Waals surface area contributed by atoms with E-state index in [0.29, 0.717) is 11.1 Å². The van der Waals surface area contributed by atoms with Gasteiger partial charge in [0.15, 0.2) is 12.4 Å². The van der Waals surface area contributed by atoms with Crippen molar-refractivity contribution in [1.82, 2.24) is 10.6 Å². The Morgan fingerprint density at radius 2 is 1.68 bits per heavy atom. The van der Waals surface area contributed by atoms with Crippen molar-refractivity contribution in [3.05, 3.63) is 88.5 Å². The topological polar surface area (TPSA) is 176 Å². The average molecular weight is 827 g/mol. The number of benzene rings is 2. The Hall–Kier alpha value is -5.06. The maximum absolute atomic E-state index is 13.8. The normalized spacial score (nSPS) is 21.8. The molecule has 1 saturated heterocycles. The quantitative estimate of drug-likeness (QED) is 0.111. The maximum atomic E-state index is 13.8. The monoisotopic (exact) mass is 826 g/mol. The predicted octanol–water partition coefficient (Wildman–Crippen LogP) is 5.49. The van der Waals surface area contributed by atoms with Crippen LogP contribution in [0.4, 0.5) is 13.2 Å². The summed E-state index contributed by atoms with van der Waals surface area (Å²) in [5, 5.41) is 15.5. The number of carbonyl (C=O) groups is 5. The van der Waals surface area contributed by atoms with Crippen LogP contribution < -0.4 is 10.6 Å². The van der Waals surface area contributed by atoms with Crippen molar-refractivity contribution in [2.24, 2.45) is 11.8 Å². The van der Waals surface area contributed by atoms with Crippen LogP contribution in [0, 0.1) is 11.8 Å². The highest BCUT2D eigenvalue weighted by atomic mass is 19.4. The zero-order valence-electron chi connectivity index (χ0n) is 33.0. The van der Waals surface area contributed by atoms with Gasteiger partial charge in [-0.2, -0.15) is 13.2 Å². The molecular weight excluding hydrogens is 777 g/mol. The van der Waals surface area contributed by atoms with E-state index in [1.54, 1.807) is 63.2 Å². The number of rotatable bonds is 16. The van der Waals surface area contributed by atoms with Crippen LogP contribution in [0.15, 0.2) is 66.3 Å². The number of fused-ring (bicyclic) bond motifs is 1. The Morgan fingerprint density at radius 3 is 2.34 bits per heavy atom. The first-order valence-corrected chi connectivity index (χ1v) is 19.7. The molecule has 1 aliphatic heterocycles. The van der Waals surface area contributed by atoms with Crippen LogP contribution in [-0.2, 0) is 44.6 Å². The van der Waals surface area contributed by atoms with Gasteiger partial charge in [-0.15, -0.1) is 0 Å². The highest BCUT2D eigenvalue weighted by Crippen LogP contribution is 2.59. The van der Waals surface area contributed by atoms with Gasteiger partial charge in [0.05, 0.1) is 18.2 Å². The smallest absolute Gasteiger partial charge is 0.422 e. The lowest BCUT2D eigenvalue weighted by Crippen LogP contribution is -2.44. The average Bonchev–Trinajstić information content (AvgIpc) is 4.14. The number of halogens is 3. The summed E-state index contributed by atoms with van der Waals surface area (Å²) in [5.74, 6) is -3.93. The summed E-state index contributed by atoms with van der Waals surface area (Å²) in [6, 6.07) is 12.0. The summed E-state index contributed by atoms with van der Waals surface area (Å²) in [4.78, 5) is 64.7. The van der Waals surface area contributed by atoms with Crippen LogP contribution in [0.5, 0.6) is 0 Å². The van der Waals surface area contributed by atoms with E-state index in [1.165, 1.54) is 12.1 Å². The first kappa shape index (κ1) is 43.5. The number of nitrogens with one attached hydrogen (secondary N) is 2. The summed E-state index contributed by atoms with van der Waals surface area (Å²) < 4.78 is 66.4. The number of esters is 3. The largest absolute Gasteiger partial charge is 0.460 e. The fourth-order valence-electron chi connectivity index (χ4n) is 7.24. The SMILES string of the molecule is CC(C)(C)OC(=O)CC[C@@H](CO)NC(=O)c1cccc(CNC(=O)C2=C[C@H]3OC(C4CC4)(C4CC4)O[C@H]3[C@H](OC(=O)c3ccccc3C=CC(=O)OCC(F)(F)F)C2)c1. The molecule has 0 bridgehead atoms. The molecule has 2 aromatic carbocycles. The molecule has 0 spiro atoms. The Labute approximate surface area is 339 Å². The van der Waals surface area contributed by atoms with E-state index in [4.69, 9.17) is 18.9 Å². The molecule has 4 atom stereocenters. The lowest BCUT2D eigenvalue weighted by molar-refractivity contribution is -0.209. The van der Waals surface area contributed by atoms with Gasteiger partial charge in [-0.25, -0.2) is 9.59 Å². The third kappa shape index (κ3) is 11.8. The van der Waals surface area contributed by atoms with Gasteiger partial charge in [-0.1, -0.05) is 30.3 Å². The van der Waals surface area contributed by atoms with E-state index in [2.05, 4.69) is 15.4 Å². The van der Waals surface area contributed by atoms with Crippen molar-refractivity contribution in [3.8, 4) is 0 Å². The Bertz CT molecular complexity index is 1950. The number of ether oxygens (including phenoxy) is 5. The molecule has 13 nitrogen and oxygen atoms in total. The Balaban J connectivity index is 1.12. The van der Waals surface area contributed by atoms with Gasteiger partial charge in [0.2, 0.25) is 5.91 Å². The Morgan fingerprint density at radius 1 is 0.966 bits per heavy atom. The van der Waals surface area contributed by atoms with Gasteiger partial charge in [0, 0.05) is 48.4 Å². The van der Waals surface area contributed by atoms with Crippen molar-refractivity contribution in [2.45, 2.75) is 114 Å². The molecule has 4 aliphatic rings. The molecule has 2 amide bonds. The van der Waals surface area contributed by atoms with Crippen molar-refractivity contribution < 1.29 is 65.9 Å². The molecule has 0 aromatic heterocycles. The first-order valence-electron chi connectivity index (χ1n) is 19.7. The Kier molecular flexibility index (Phi) is 13.3. The lowest BCUT2D eigenvalue weighted by Gasteiger charge is -2.31. The van der Waals surface area contributed by atoms with Gasteiger partial charge in [0.1, 0.15) is 23.9 Å². The number of aliphatic hydroxyl groups is 1. The standard InChI is InChI=1S/C43H49F3N2O11/c1-41(2,3)58-36(51)18-16-31(23-49)48-39(53)27-9-6-7-25(19-27)22-47-38(52)28-20-33(37-34(21-28)57-43(59-37,29-12-13-29)30-14-15-30)56-40(54)32-10-5-4-8-26(32)11-17-35(50)55-24-42(44,45)46/h4-11,17,19,21,29-31,33-34,37,49H,12-16,18,20,22-24H2,1-3H3,(H,47,52)(H,48,53)/t31-,33+,34+,37-/m0/s1. The second-order valence-electron chi connectivity index (χ2n) is 16.3. The highest BCUT2D eigenvalue weighted by Gasteiger charge is 2.64. The van der Waals surface area contributed by atoms with E-state index >= 15 is 0 Å². The van der Waals surface area contributed by atoms with Crippen molar-refractivity contribution in [2.75, 3.05) is 13.2 Å². The van der Waals surface area contributed by atoms with E-state index in [9.17, 15) is 42.3 Å². The molecule has 318 valence electrons. The molecule has 3 N–H and O–H groups in total. The zero-order chi connectivity index (χ0) is 42.5. The van der Waals surface area contributed by atoms with Crippen LogP contribution in [-0.4, -0.2) is 90.0 Å². The van der Waals surface area contributed by atoms with Crippen LogP contribution in [0.2, 0.25) is 0 Å². The van der Waals surface area contributed by atoms with Gasteiger partial charge < -0.3 is 39.4 Å². The lowest BCUT2D eigenvalue weighted by atomic mass is 9.91. The number of alkyl halides is 3. The number of amides is 2. The minimum atomic E-state index is -4.70. The minimum absolute atomic E-state index is 0.00525. The second kappa shape index (κ2) is 18.1. The van der Waals surface area contributed by atoms with E-state index in [1.807, 2.05) is 0 Å². The molecule has 6 rings (SSSR count). The van der Waals surface area contributed by atoms with Gasteiger partial charge in [-0.05, 0) is 94.4 Å². The molecular formula is C43H49F3N2O11.